The van der Waals surface area contributed by atoms with Crippen LogP contribution in [0.15, 0.2) is 59.8 Å². The van der Waals surface area contributed by atoms with Crippen molar-refractivity contribution < 1.29 is 14.3 Å². The van der Waals surface area contributed by atoms with Gasteiger partial charge in [-0.1, -0.05) is 42.1 Å². The number of aromatic amines is 1. The summed E-state index contributed by atoms with van der Waals surface area (Å²) < 4.78 is 5.40. The van der Waals surface area contributed by atoms with Crippen LogP contribution >= 0.6 is 11.8 Å². The fraction of sp³-hybridized carbons (Fsp3) is 0.200. The van der Waals surface area contributed by atoms with Gasteiger partial charge in [-0.15, -0.1) is 5.10 Å². The summed E-state index contributed by atoms with van der Waals surface area (Å²) in [5, 5.41) is 6.95. The Morgan fingerprint density at radius 2 is 1.89 bits per heavy atom. The molecule has 8 heteroatoms. The maximum Gasteiger partial charge on any atom is 0.247 e. The molecule has 2 amide bonds. The Hall–Kier alpha value is -3.13. The molecule has 28 heavy (non-hydrogen) atoms. The van der Waals surface area contributed by atoms with E-state index in [9.17, 15) is 9.59 Å². The van der Waals surface area contributed by atoms with E-state index in [1.54, 1.807) is 24.3 Å². The lowest BCUT2D eigenvalue weighted by Gasteiger charge is -2.15. The number of anilines is 1. The molecule has 0 bridgehead atoms. The van der Waals surface area contributed by atoms with Gasteiger partial charge in [-0.05, 0) is 31.2 Å². The van der Waals surface area contributed by atoms with Gasteiger partial charge in [0.1, 0.15) is 11.0 Å². The van der Waals surface area contributed by atoms with Gasteiger partial charge in [-0.3, -0.25) is 14.7 Å². The van der Waals surface area contributed by atoms with E-state index in [2.05, 4.69) is 15.2 Å². The number of imide groups is 1. The first kappa shape index (κ1) is 18.2. The highest BCUT2D eigenvalue weighted by Gasteiger charge is 2.40. The summed E-state index contributed by atoms with van der Waals surface area (Å²) in [6.07, 6.45) is 0.117. The number of nitrogens with zero attached hydrogens (tertiary/aromatic N) is 3. The molecule has 2 heterocycles. The molecule has 0 aliphatic carbocycles. The summed E-state index contributed by atoms with van der Waals surface area (Å²) in [6.45, 7) is 2.46. The Morgan fingerprint density at radius 1 is 1.14 bits per heavy atom. The molecule has 7 nitrogen and oxygen atoms in total. The van der Waals surface area contributed by atoms with E-state index < -0.39 is 5.25 Å². The molecule has 1 aliphatic rings. The molecule has 142 valence electrons. The van der Waals surface area contributed by atoms with Crippen LogP contribution in [0.5, 0.6) is 5.75 Å². The lowest BCUT2D eigenvalue weighted by molar-refractivity contribution is -0.121. The highest BCUT2D eigenvalue weighted by Crippen LogP contribution is 2.33. The van der Waals surface area contributed by atoms with Gasteiger partial charge in [0.2, 0.25) is 17.0 Å². The minimum atomic E-state index is -0.543. The molecule has 0 saturated carbocycles. The molecule has 1 aliphatic heterocycles. The van der Waals surface area contributed by atoms with Gasteiger partial charge in [0.05, 0.1) is 12.3 Å². The van der Waals surface area contributed by atoms with Crippen LogP contribution in [0.1, 0.15) is 13.3 Å². The number of H-pyrrole nitrogens is 1. The molecule has 1 aromatic heterocycles. The van der Waals surface area contributed by atoms with E-state index in [1.165, 1.54) is 16.7 Å². The fourth-order valence-electron chi connectivity index (χ4n) is 2.98. The third-order valence-corrected chi connectivity index (χ3v) is 5.32. The van der Waals surface area contributed by atoms with Crippen molar-refractivity contribution in [1.29, 1.82) is 0 Å². The second-order valence-electron chi connectivity index (χ2n) is 6.14. The lowest BCUT2D eigenvalue weighted by atomic mass is 10.2. The molecule has 3 aromatic rings. The number of rotatable bonds is 6. The Bertz CT molecular complexity index is 988. The first-order chi connectivity index (χ1) is 13.7. The molecular weight excluding hydrogens is 376 g/mol. The summed E-state index contributed by atoms with van der Waals surface area (Å²) in [5.74, 6) is 0.837. The third kappa shape index (κ3) is 3.63. The number of amides is 2. The van der Waals surface area contributed by atoms with Gasteiger partial charge < -0.3 is 4.74 Å². The summed E-state index contributed by atoms with van der Waals surface area (Å²) in [4.78, 5) is 30.9. The Balaban J connectivity index is 1.48. The smallest absolute Gasteiger partial charge is 0.247 e. The van der Waals surface area contributed by atoms with Gasteiger partial charge in [-0.25, -0.2) is 9.88 Å². The number of hydrogen-bond acceptors (Lipinski definition) is 6. The molecule has 2 aromatic carbocycles. The van der Waals surface area contributed by atoms with Crippen LogP contribution in [-0.4, -0.2) is 38.9 Å². The van der Waals surface area contributed by atoms with E-state index in [-0.39, 0.29) is 18.2 Å². The Kier molecular flexibility index (Phi) is 5.12. The van der Waals surface area contributed by atoms with Crippen molar-refractivity contribution >= 4 is 29.3 Å². The molecule has 1 fully saturated rings. The zero-order valence-corrected chi connectivity index (χ0v) is 16.0. The molecule has 1 saturated heterocycles. The SMILES string of the molecule is CCOc1ccc(N2C(=O)C[C@@H](Sc3n[nH]c(-c4ccccc4)n3)C2=O)cc1. The highest BCUT2D eigenvalue weighted by atomic mass is 32.2. The van der Waals surface area contributed by atoms with Crippen molar-refractivity contribution in [1.82, 2.24) is 15.2 Å². The van der Waals surface area contributed by atoms with Crippen LogP contribution in [0.2, 0.25) is 0 Å². The maximum absolute atomic E-state index is 12.8. The van der Waals surface area contributed by atoms with Crippen molar-refractivity contribution in [2.75, 3.05) is 11.5 Å². The quantitative estimate of drug-likeness (QED) is 0.646. The standard InChI is InChI=1S/C20H18N4O3S/c1-2-27-15-10-8-14(9-11-15)24-17(25)12-16(19(24)26)28-20-21-18(22-23-20)13-6-4-3-5-7-13/h3-11,16H,2,12H2,1H3,(H,21,22,23)/t16-/m1/s1. The van der Waals surface area contributed by atoms with Crippen molar-refractivity contribution in [3.8, 4) is 17.1 Å². The minimum Gasteiger partial charge on any atom is -0.494 e. The van der Waals surface area contributed by atoms with E-state index in [0.717, 1.165) is 5.56 Å². The van der Waals surface area contributed by atoms with Crippen LogP contribution in [-0.2, 0) is 9.59 Å². The van der Waals surface area contributed by atoms with Crippen LogP contribution in [0, 0.1) is 0 Å². The molecule has 1 N–H and O–H groups in total. The number of carbonyl (C=O) groups excluding carboxylic acids is 2. The molecule has 4 rings (SSSR count). The first-order valence-corrected chi connectivity index (χ1v) is 9.78. The topological polar surface area (TPSA) is 88.2 Å². The monoisotopic (exact) mass is 394 g/mol. The van der Waals surface area contributed by atoms with Crippen molar-refractivity contribution in [2.24, 2.45) is 0 Å². The highest BCUT2D eigenvalue weighted by molar-refractivity contribution is 8.00. The van der Waals surface area contributed by atoms with Crippen LogP contribution in [0.4, 0.5) is 5.69 Å². The van der Waals surface area contributed by atoms with E-state index >= 15 is 0 Å². The van der Waals surface area contributed by atoms with Crippen LogP contribution in [0.25, 0.3) is 11.4 Å². The number of nitrogens with one attached hydrogen (secondary N) is 1. The zero-order valence-electron chi connectivity index (χ0n) is 15.2. The zero-order chi connectivity index (χ0) is 19.5. The second kappa shape index (κ2) is 7.85. The first-order valence-electron chi connectivity index (χ1n) is 8.90. The summed E-state index contributed by atoms with van der Waals surface area (Å²) in [6, 6.07) is 16.5. The van der Waals surface area contributed by atoms with E-state index in [0.29, 0.717) is 29.0 Å². The van der Waals surface area contributed by atoms with Crippen molar-refractivity contribution in [3.63, 3.8) is 0 Å². The summed E-state index contributed by atoms with van der Waals surface area (Å²) in [5.41, 5.74) is 1.45. The van der Waals surface area contributed by atoms with Gasteiger partial charge in [0, 0.05) is 12.0 Å². The van der Waals surface area contributed by atoms with E-state index in [4.69, 9.17) is 4.74 Å². The molecule has 1 atom stereocenters. The van der Waals surface area contributed by atoms with Gasteiger partial charge >= 0.3 is 0 Å². The molecule has 0 unspecified atom stereocenters. The number of aromatic nitrogens is 3. The maximum atomic E-state index is 12.8. The van der Waals surface area contributed by atoms with Crippen LogP contribution in [0.3, 0.4) is 0 Å². The number of thioether (sulfide) groups is 1. The third-order valence-electron chi connectivity index (χ3n) is 4.27. The molecular formula is C20H18N4O3S. The predicted octanol–water partition coefficient (Wildman–Crippen LogP) is 3.29. The number of benzene rings is 2. The lowest BCUT2D eigenvalue weighted by Crippen LogP contribution is -2.31. The Labute approximate surface area is 166 Å². The predicted molar refractivity (Wildman–Crippen MR) is 106 cm³/mol. The number of hydrogen-bond donors (Lipinski definition) is 1. The molecule has 0 spiro atoms. The second-order valence-corrected chi connectivity index (χ2v) is 7.31. The number of ether oxygens (including phenoxy) is 1. The summed E-state index contributed by atoms with van der Waals surface area (Å²) >= 11 is 1.20. The fourth-order valence-corrected chi connectivity index (χ4v) is 3.91. The van der Waals surface area contributed by atoms with E-state index in [1.807, 2.05) is 37.3 Å². The van der Waals surface area contributed by atoms with Crippen molar-refractivity contribution in [2.45, 2.75) is 23.8 Å². The normalized spacial score (nSPS) is 16.6. The van der Waals surface area contributed by atoms with Gasteiger partial charge in [0.25, 0.3) is 0 Å². The number of carbonyl (C=O) groups is 2. The largest absolute Gasteiger partial charge is 0.494 e. The van der Waals surface area contributed by atoms with Crippen molar-refractivity contribution in [3.05, 3.63) is 54.6 Å². The minimum absolute atomic E-state index is 0.117. The van der Waals surface area contributed by atoms with Gasteiger partial charge in [-0.2, -0.15) is 0 Å². The van der Waals surface area contributed by atoms with Gasteiger partial charge in [0.15, 0.2) is 5.82 Å². The van der Waals surface area contributed by atoms with Crippen LogP contribution < -0.4 is 9.64 Å². The summed E-state index contributed by atoms with van der Waals surface area (Å²) in [7, 11) is 0. The Morgan fingerprint density at radius 3 is 2.61 bits per heavy atom. The molecule has 0 radical (unpaired) electrons. The average molecular weight is 394 g/mol. The average Bonchev–Trinajstić information content (AvgIpc) is 3.29.